The first kappa shape index (κ1) is 24.2. The topological polar surface area (TPSA) is 84.9 Å². The van der Waals surface area contributed by atoms with Crippen molar-refractivity contribution in [3.63, 3.8) is 0 Å². The Kier molecular flexibility index (Phi) is 7.65. The van der Waals surface area contributed by atoms with Gasteiger partial charge in [-0.05, 0) is 76.4 Å². The number of ether oxygens (including phenoxy) is 2. The van der Waals surface area contributed by atoms with Gasteiger partial charge in [0, 0.05) is 11.1 Å². The summed E-state index contributed by atoms with van der Waals surface area (Å²) in [6.45, 7) is 10.7. The predicted molar refractivity (Wildman–Crippen MR) is 116 cm³/mol. The molecule has 31 heavy (non-hydrogen) atoms. The van der Waals surface area contributed by atoms with Crippen LogP contribution in [0.1, 0.15) is 56.8 Å². The van der Waals surface area contributed by atoms with Crippen LogP contribution >= 0.6 is 0 Å². The van der Waals surface area contributed by atoms with Gasteiger partial charge in [0.1, 0.15) is 17.2 Å². The normalized spacial score (nSPS) is 12.2. The van der Waals surface area contributed by atoms with E-state index < -0.39 is 29.5 Å². The molecule has 2 aromatic rings. The van der Waals surface area contributed by atoms with Crippen LogP contribution in [0.15, 0.2) is 30.3 Å². The van der Waals surface area contributed by atoms with Crippen molar-refractivity contribution in [1.82, 2.24) is 5.32 Å². The van der Waals surface area contributed by atoms with Gasteiger partial charge < -0.3 is 19.9 Å². The van der Waals surface area contributed by atoms with Gasteiger partial charge in [-0.1, -0.05) is 12.1 Å². The van der Waals surface area contributed by atoms with E-state index in [9.17, 15) is 19.1 Å². The van der Waals surface area contributed by atoms with Crippen molar-refractivity contribution in [2.75, 3.05) is 6.61 Å². The van der Waals surface area contributed by atoms with Crippen LogP contribution < -0.4 is 5.32 Å². The van der Waals surface area contributed by atoms with Crippen LogP contribution in [-0.2, 0) is 14.3 Å². The number of hydrogen-bond donors (Lipinski definition) is 2. The van der Waals surface area contributed by atoms with Crippen molar-refractivity contribution >= 4 is 12.1 Å². The van der Waals surface area contributed by atoms with Gasteiger partial charge in [-0.25, -0.2) is 9.18 Å². The molecule has 1 amide bonds. The number of alkyl carbamates (subject to hydrolysis) is 1. The highest BCUT2D eigenvalue weighted by Crippen LogP contribution is 2.36. The second-order valence-corrected chi connectivity index (χ2v) is 8.42. The standard InChI is InChI=1S/C24H30FNO5/c1-7-30-21(28)13-19(26-23(29)31-24(4,5)6)17-12-16(8-9-18(17)25)22-15(3)10-14(2)11-20(22)27/h8-12,19,27H,7,13H2,1-6H3,(H,26,29)/t19-/m0/s1. The van der Waals surface area contributed by atoms with E-state index in [4.69, 9.17) is 9.47 Å². The van der Waals surface area contributed by atoms with Crippen LogP contribution in [0.3, 0.4) is 0 Å². The molecule has 0 saturated heterocycles. The Balaban J connectivity index is 2.48. The average Bonchev–Trinajstić information content (AvgIpc) is 2.60. The molecule has 2 aromatic carbocycles. The van der Waals surface area contributed by atoms with E-state index in [0.717, 1.165) is 11.1 Å². The van der Waals surface area contributed by atoms with E-state index in [1.54, 1.807) is 39.8 Å². The number of phenolic OH excluding ortho intramolecular Hbond substituents is 1. The lowest BCUT2D eigenvalue weighted by Gasteiger charge is -2.24. The monoisotopic (exact) mass is 431 g/mol. The average molecular weight is 432 g/mol. The molecular formula is C24H30FNO5. The Bertz CT molecular complexity index is 942. The van der Waals surface area contributed by atoms with Gasteiger partial charge in [-0.2, -0.15) is 0 Å². The fraction of sp³-hybridized carbons (Fsp3) is 0.417. The number of nitrogens with one attached hydrogen (secondary N) is 1. The zero-order chi connectivity index (χ0) is 23.3. The maximum absolute atomic E-state index is 14.8. The van der Waals surface area contributed by atoms with Crippen molar-refractivity contribution in [2.45, 2.75) is 59.6 Å². The maximum Gasteiger partial charge on any atom is 0.408 e. The molecule has 0 spiro atoms. The Morgan fingerprint density at radius 2 is 1.84 bits per heavy atom. The molecule has 0 bridgehead atoms. The summed E-state index contributed by atoms with van der Waals surface area (Å²) in [5.41, 5.74) is 2.16. The van der Waals surface area contributed by atoms with E-state index in [0.29, 0.717) is 11.1 Å². The Labute approximate surface area is 182 Å². The minimum Gasteiger partial charge on any atom is -0.507 e. The van der Waals surface area contributed by atoms with Gasteiger partial charge in [0.2, 0.25) is 0 Å². The number of amides is 1. The molecule has 2 N–H and O–H groups in total. The number of aromatic hydroxyl groups is 1. The molecule has 0 aliphatic carbocycles. The smallest absolute Gasteiger partial charge is 0.408 e. The zero-order valence-electron chi connectivity index (χ0n) is 18.8. The molecule has 0 aromatic heterocycles. The summed E-state index contributed by atoms with van der Waals surface area (Å²) in [5, 5.41) is 13.0. The number of rotatable bonds is 6. The number of benzene rings is 2. The van der Waals surface area contributed by atoms with Crippen molar-refractivity contribution in [3.8, 4) is 16.9 Å². The van der Waals surface area contributed by atoms with E-state index in [-0.39, 0.29) is 24.3 Å². The molecule has 168 valence electrons. The SMILES string of the molecule is CCOC(=O)C[C@H](NC(=O)OC(C)(C)C)c1cc(-c2c(C)cc(C)cc2O)ccc1F. The summed E-state index contributed by atoms with van der Waals surface area (Å²) in [5.74, 6) is -1.11. The molecule has 0 aliphatic heterocycles. The van der Waals surface area contributed by atoms with Crippen LogP contribution in [0.4, 0.5) is 9.18 Å². The van der Waals surface area contributed by atoms with Crippen molar-refractivity contribution in [2.24, 2.45) is 0 Å². The molecule has 1 atom stereocenters. The molecule has 0 radical (unpaired) electrons. The largest absolute Gasteiger partial charge is 0.507 e. The van der Waals surface area contributed by atoms with Crippen LogP contribution in [-0.4, -0.2) is 29.4 Å². The van der Waals surface area contributed by atoms with Crippen molar-refractivity contribution in [3.05, 3.63) is 52.8 Å². The summed E-state index contributed by atoms with van der Waals surface area (Å²) in [7, 11) is 0. The number of esters is 1. The van der Waals surface area contributed by atoms with Gasteiger partial charge >= 0.3 is 12.1 Å². The maximum atomic E-state index is 14.8. The number of halogens is 1. The third kappa shape index (κ3) is 6.70. The number of aryl methyl sites for hydroxylation is 2. The second-order valence-electron chi connectivity index (χ2n) is 8.42. The van der Waals surface area contributed by atoms with Crippen molar-refractivity contribution in [1.29, 1.82) is 0 Å². The third-order valence-electron chi connectivity index (χ3n) is 4.49. The van der Waals surface area contributed by atoms with Crippen LogP contribution in [0.5, 0.6) is 5.75 Å². The molecule has 0 saturated carbocycles. The first-order valence-corrected chi connectivity index (χ1v) is 10.2. The fourth-order valence-corrected chi connectivity index (χ4v) is 3.36. The predicted octanol–water partition coefficient (Wildman–Crippen LogP) is 5.33. The molecule has 0 aliphatic rings. The molecule has 0 heterocycles. The first-order valence-electron chi connectivity index (χ1n) is 10.2. The molecular weight excluding hydrogens is 401 g/mol. The molecule has 2 rings (SSSR count). The minimum absolute atomic E-state index is 0.0668. The van der Waals surface area contributed by atoms with Crippen molar-refractivity contribution < 1.29 is 28.6 Å². The van der Waals surface area contributed by atoms with Crippen LogP contribution in [0.2, 0.25) is 0 Å². The summed E-state index contributed by atoms with van der Waals surface area (Å²) in [4.78, 5) is 24.5. The zero-order valence-corrected chi connectivity index (χ0v) is 18.8. The number of hydrogen-bond acceptors (Lipinski definition) is 5. The second kappa shape index (κ2) is 9.81. The van der Waals surface area contributed by atoms with Crippen LogP contribution in [0, 0.1) is 19.7 Å². The first-order chi connectivity index (χ1) is 14.4. The highest BCUT2D eigenvalue weighted by atomic mass is 19.1. The molecule has 7 heteroatoms. The summed E-state index contributed by atoms with van der Waals surface area (Å²) < 4.78 is 25.1. The Morgan fingerprint density at radius 3 is 2.42 bits per heavy atom. The fourth-order valence-electron chi connectivity index (χ4n) is 3.36. The highest BCUT2D eigenvalue weighted by Gasteiger charge is 2.26. The minimum atomic E-state index is -1.01. The lowest BCUT2D eigenvalue weighted by atomic mass is 9.93. The Hall–Kier alpha value is -3.09. The molecule has 6 nitrogen and oxygen atoms in total. The summed E-state index contributed by atoms with van der Waals surface area (Å²) in [6, 6.07) is 6.84. The highest BCUT2D eigenvalue weighted by molar-refractivity contribution is 5.76. The van der Waals surface area contributed by atoms with E-state index >= 15 is 0 Å². The van der Waals surface area contributed by atoms with Gasteiger partial charge in [0.25, 0.3) is 0 Å². The summed E-state index contributed by atoms with van der Waals surface area (Å²) >= 11 is 0. The lowest BCUT2D eigenvalue weighted by Crippen LogP contribution is -2.36. The van der Waals surface area contributed by atoms with Gasteiger partial charge in [0.15, 0.2) is 0 Å². The van der Waals surface area contributed by atoms with E-state index in [2.05, 4.69) is 5.32 Å². The quantitative estimate of drug-likeness (QED) is 0.604. The number of carbonyl (C=O) groups is 2. The van der Waals surface area contributed by atoms with E-state index in [1.807, 2.05) is 19.9 Å². The lowest BCUT2D eigenvalue weighted by molar-refractivity contribution is -0.143. The van der Waals surface area contributed by atoms with Gasteiger partial charge in [-0.15, -0.1) is 0 Å². The molecule has 0 unspecified atom stereocenters. The number of carbonyl (C=O) groups excluding carboxylic acids is 2. The van der Waals surface area contributed by atoms with E-state index in [1.165, 1.54) is 12.1 Å². The van der Waals surface area contributed by atoms with Gasteiger partial charge in [0.05, 0.1) is 19.1 Å². The van der Waals surface area contributed by atoms with Crippen LogP contribution in [0.25, 0.3) is 11.1 Å². The Morgan fingerprint density at radius 1 is 1.16 bits per heavy atom. The number of phenols is 1. The third-order valence-corrected chi connectivity index (χ3v) is 4.49. The summed E-state index contributed by atoms with van der Waals surface area (Å²) in [6.07, 6.45) is -1.05. The van der Waals surface area contributed by atoms with Gasteiger partial charge in [-0.3, -0.25) is 4.79 Å². The molecule has 0 fully saturated rings.